The molecule has 2 unspecified atom stereocenters. The predicted octanol–water partition coefficient (Wildman–Crippen LogP) is 0.696. The largest absolute Gasteiger partial charge is 0.459 e. The quantitative estimate of drug-likeness (QED) is 0.693. The Kier molecular flexibility index (Phi) is 5.78. The van der Waals surface area contributed by atoms with Crippen molar-refractivity contribution in [2.75, 3.05) is 18.1 Å². The number of esters is 2. The number of carbonyl (C=O) groups is 2. The van der Waals surface area contributed by atoms with E-state index >= 15 is 0 Å². The van der Waals surface area contributed by atoms with Gasteiger partial charge in [0.2, 0.25) is 0 Å². The minimum atomic E-state index is -3.11. The van der Waals surface area contributed by atoms with Gasteiger partial charge in [0.15, 0.2) is 16.4 Å². The van der Waals surface area contributed by atoms with E-state index in [0.29, 0.717) is 19.3 Å². The molecule has 0 N–H and O–H groups in total. The minimum absolute atomic E-state index is 0.141. The van der Waals surface area contributed by atoms with Gasteiger partial charge in [-0.1, -0.05) is 13.8 Å². The zero-order valence-electron chi connectivity index (χ0n) is 11.3. The van der Waals surface area contributed by atoms with E-state index in [1.165, 1.54) is 0 Å². The van der Waals surface area contributed by atoms with Gasteiger partial charge in [0.1, 0.15) is 6.10 Å². The van der Waals surface area contributed by atoms with Gasteiger partial charge in [0, 0.05) is 0 Å². The summed E-state index contributed by atoms with van der Waals surface area (Å²) in [6.07, 6.45) is 1.04. The first-order valence-corrected chi connectivity index (χ1v) is 8.22. The van der Waals surface area contributed by atoms with Crippen LogP contribution in [0.4, 0.5) is 0 Å². The fourth-order valence-electron chi connectivity index (χ4n) is 1.73. The van der Waals surface area contributed by atoms with Gasteiger partial charge in [-0.3, -0.25) is 4.79 Å². The molecule has 1 fully saturated rings. The molecule has 110 valence electrons. The van der Waals surface area contributed by atoms with Crippen molar-refractivity contribution in [3.05, 3.63) is 0 Å². The van der Waals surface area contributed by atoms with Crippen molar-refractivity contribution in [1.82, 2.24) is 0 Å². The third-order valence-corrected chi connectivity index (χ3v) is 4.86. The summed E-state index contributed by atoms with van der Waals surface area (Å²) in [4.78, 5) is 22.8. The molecule has 1 rings (SSSR count). The number of carbonyl (C=O) groups excluding carboxylic acids is 2. The first-order chi connectivity index (χ1) is 8.84. The number of ether oxygens (including phenoxy) is 2. The van der Waals surface area contributed by atoms with Crippen LogP contribution in [0.1, 0.15) is 33.1 Å². The van der Waals surface area contributed by atoms with Gasteiger partial charge in [-0.2, -0.15) is 0 Å². The highest BCUT2D eigenvalue weighted by Crippen LogP contribution is 2.15. The molecule has 6 nitrogen and oxygen atoms in total. The standard InChI is InChI=1S/C12H20O6S/c1-3-9(2)12(14)17-7-11(13)18-10-5-4-6-19(15,16)8-10/h9-10H,3-8H2,1-2H3. The van der Waals surface area contributed by atoms with Crippen LogP contribution in [-0.4, -0.2) is 44.6 Å². The summed E-state index contributed by atoms with van der Waals surface area (Å²) in [5.74, 6) is -1.40. The lowest BCUT2D eigenvalue weighted by Gasteiger charge is -2.22. The molecule has 1 heterocycles. The van der Waals surface area contributed by atoms with Gasteiger partial charge in [-0.05, 0) is 19.3 Å². The molecule has 0 aromatic heterocycles. The Balaban J connectivity index is 2.33. The maximum Gasteiger partial charge on any atom is 0.344 e. The van der Waals surface area contributed by atoms with Crippen molar-refractivity contribution in [2.45, 2.75) is 39.2 Å². The summed E-state index contributed by atoms with van der Waals surface area (Å²) in [5.41, 5.74) is 0. The summed E-state index contributed by atoms with van der Waals surface area (Å²) in [6.45, 7) is 3.10. The van der Waals surface area contributed by atoms with Crippen LogP contribution in [0.15, 0.2) is 0 Å². The van der Waals surface area contributed by atoms with Crippen molar-refractivity contribution in [3.63, 3.8) is 0 Å². The SMILES string of the molecule is CCC(C)C(=O)OCC(=O)OC1CCCS(=O)(=O)C1. The van der Waals surface area contributed by atoms with Crippen LogP contribution in [0.2, 0.25) is 0 Å². The van der Waals surface area contributed by atoms with E-state index in [1.807, 2.05) is 6.92 Å². The van der Waals surface area contributed by atoms with Gasteiger partial charge < -0.3 is 9.47 Å². The fourth-order valence-corrected chi connectivity index (χ4v) is 3.31. The second kappa shape index (κ2) is 6.88. The van der Waals surface area contributed by atoms with Crippen LogP contribution in [0.3, 0.4) is 0 Å². The average molecular weight is 292 g/mol. The summed E-state index contributed by atoms with van der Waals surface area (Å²) in [7, 11) is -3.11. The Bertz CT molecular complexity index is 428. The lowest BCUT2D eigenvalue weighted by Crippen LogP contribution is -2.34. The van der Waals surface area contributed by atoms with Gasteiger partial charge >= 0.3 is 11.9 Å². The normalized spacial score (nSPS) is 23.4. The smallest absolute Gasteiger partial charge is 0.344 e. The molecule has 0 radical (unpaired) electrons. The molecule has 0 aliphatic carbocycles. The molecular weight excluding hydrogens is 272 g/mol. The fraction of sp³-hybridized carbons (Fsp3) is 0.833. The molecule has 0 spiro atoms. The zero-order valence-corrected chi connectivity index (χ0v) is 12.1. The van der Waals surface area contributed by atoms with E-state index in [1.54, 1.807) is 6.92 Å². The van der Waals surface area contributed by atoms with E-state index in [0.717, 1.165) is 0 Å². The third-order valence-electron chi connectivity index (χ3n) is 3.07. The van der Waals surface area contributed by atoms with Crippen LogP contribution >= 0.6 is 0 Å². The van der Waals surface area contributed by atoms with Gasteiger partial charge in [-0.15, -0.1) is 0 Å². The Morgan fingerprint density at radius 2 is 2.05 bits per heavy atom. The predicted molar refractivity (Wildman–Crippen MR) is 68.2 cm³/mol. The number of hydrogen-bond acceptors (Lipinski definition) is 6. The molecule has 0 amide bonds. The summed E-state index contributed by atoms with van der Waals surface area (Å²) >= 11 is 0. The van der Waals surface area contributed by atoms with E-state index in [-0.39, 0.29) is 17.4 Å². The second-order valence-electron chi connectivity index (χ2n) is 4.79. The zero-order chi connectivity index (χ0) is 14.5. The molecule has 1 aliphatic heterocycles. The van der Waals surface area contributed by atoms with Crippen LogP contribution in [-0.2, 0) is 28.9 Å². The first kappa shape index (κ1) is 15.9. The highest BCUT2D eigenvalue weighted by atomic mass is 32.2. The molecule has 1 saturated heterocycles. The van der Waals surface area contributed by atoms with E-state index in [4.69, 9.17) is 9.47 Å². The highest BCUT2D eigenvalue weighted by molar-refractivity contribution is 7.91. The molecule has 1 aliphatic rings. The van der Waals surface area contributed by atoms with E-state index in [2.05, 4.69) is 0 Å². The van der Waals surface area contributed by atoms with E-state index in [9.17, 15) is 18.0 Å². The lowest BCUT2D eigenvalue weighted by molar-refractivity contribution is -0.163. The van der Waals surface area contributed by atoms with Crippen LogP contribution in [0, 0.1) is 5.92 Å². The number of hydrogen-bond donors (Lipinski definition) is 0. The molecule has 2 atom stereocenters. The highest BCUT2D eigenvalue weighted by Gasteiger charge is 2.27. The Hall–Kier alpha value is -1.11. The topological polar surface area (TPSA) is 86.7 Å². The maximum absolute atomic E-state index is 11.4. The molecule has 19 heavy (non-hydrogen) atoms. The Morgan fingerprint density at radius 1 is 1.37 bits per heavy atom. The first-order valence-electron chi connectivity index (χ1n) is 6.40. The van der Waals surface area contributed by atoms with Crippen molar-refractivity contribution in [2.24, 2.45) is 5.92 Å². The number of rotatable bonds is 5. The summed E-state index contributed by atoms with van der Waals surface area (Å²) in [6, 6.07) is 0. The van der Waals surface area contributed by atoms with Gasteiger partial charge in [0.05, 0.1) is 17.4 Å². The van der Waals surface area contributed by atoms with Gasteiger partial charge in [-0.25, -0.2) is 13.2 Å². The third kappa shape index (κ3) is 5.59. The average Bonchev–Trinajstić information content (AvgIpc) is 2.33. The van der Waals surface area contributed by atoms with Crippen molar-refractivity contribution < 1.29 is 27.5 Å². The molecule has 0 saturated carbocycles. The Labute approximate surface area is 113 Å². The van der Waals surface area contributed by atoms with Crippen molar-refractivity contribution in [3.8, 4) is 0 Å². The Morgan fingerprint density at radius 3 is 2.63 bits per heavy atom. The minimum Gasteiger partial charge on any atom is -0.459 e. The maximum atomic E-state index is 11.4. The van der Waals surface area contributed by atoms with Gasteiger partial charge in [0.25, 0.3) is 0 Å². The molecule has 7 heteroatoms. The van der Waals surface area contributed by atoms with Crippen LogP contribution in [0.5, 0.6) is 0 Å². The second-order valence-corrected chi connectivity index (χ2v) is 7.01. The van der Waals surface area contributed by atoms with E-state index < -0.39 is 34.5 Å². The van der Waals surface area contributed by atoms with Crippen molar-refractivity contribution in [1.29, 1.82) is 0 Å². The number of sulfone groups is 1. The molecule has 0 aromatic carbocycles. The van der Waals surface area contributed by atoms with Crippen LogP contribution < -0.4 is 0 Å². The van der Waals surface area contributed by atoms with Crippen molar-refractivity contribution >= 4 is 21.8 Å². The molecule has 0 aromatic rings. The monoisotopic (exact) mass is 292 g/mol. The van der Waals surface area contributed by atoms with Crippen LogP contribution in [0.25, 0.3) is 0 Å². The molecular formula is C12H20O6S. The lowest BCUT2D eigenvalue weighted by atomic mass is 10.1. The molecule has 0 bridgehead atoms. The summed E-state index contributed by atoms with van der Waals surface area (Å²) in [5, 5.41) is 0. The summed E-state index contributed by atoms with van der Waals surface area (Å²) < 4.78 is 32.5.